The lowest BCUT2D eigenvalue weighted by atomic mass is 9.98. The van der Waals surface area contributed by atoms with E-state index in [1.807, 2.05) is 30.3 Å². The highest BCUT2D eigenvalue weighted by Crippen LogP contribution is 2.29. The van der Waals surface area contributed by atoms with Crippen LogP contribution >= 0.6 is 0 Å². The Morgan fingerprint density at radius 3 is 2.12 bits per heavy atom. The highest BCUT2D eigenvalue weighted by atomic mass is 16.5. The van der Waals surface area contributed by atoms with Gasteiger partial charge in [-0.3, -0.25) is 43.2 Å². The number of likely N-dealkylation sites (N-methyl/N-ethyl adjacent to an activating group) is 1. The molecule has 5 atom stereocenters. The summed E-state index contributed by atoms with van der Waals surface area (Å²) in [5.41, 5.74) is 1.61. The van der Waals surface area contributed by atoms with Gasteiger partial charge in [-0.25, -0.2) is 0 Å². The van der Waals surface area contributed by atoms with Crippen LogP contribution in [0.4, 0.5) is 0 Å². The Labute approximate surface area is 420 Å². The number of rotatable bonds is 27. The first-order valence-electron chi connectivity index (χ1n) is 23.9. The zero-order chi connectivity index (χ0) is 52.7. The molecule has 1 fully saturated rings. The third-order valence-electron chi connectivity index (χ3n) is 11.8. The lowest BCUT2D eigenvalue weighted by Gasteiger charge is -2.35. The van der Waals surface area contributed by atoms with Crippen molar-refractivity contribution < 1.29 is 57.7 Å². The number of amides is 7. The molecular weight excluding hydrogens is 927 g/mol. The Hall–Kier alpha value is -7.83. The number of methoxy groups -OCH3 is 1. The third kappa shape index (κ3) is 17.5. The number of aryl methyl sites for hydroxylation is 1. The molecule has 7 amide bonds. The molecule has 1 aliphatic heterocycles. The Bertz CT molecular complexity index is 2410. The minimum Gasteiger partial charge on any atom is -0.493 e. The Kier molecular flexibility index (Phi) is 22.7. The van der Waals surface area contributed by atoms with Crippen molar-refractivity contribution >= 4 is 53.1 Å². The predicted molar refractivity (Wildman–Crippen MR) is 268 cm³/mol. The summed E-state index contributed by atoms with van der Waals surface area (Å²) in [6.07, 6.45) is 6.01. The zero-order valence-electron chi connectivity index (χ0n) is 41.5. The normalized spacial score (nSPS) is 14.9. The van der Waals surface area contributed by atoms with E-state index in [0.29, 0.717) is 30.6 Å². The van der Waals surface area contributed by atoms with Crippen LogP contribution in [0.3, 0.4) is 0 Å². The number of piperidine rings is 1. The van der Waals surface area contributed by atoms with E-state index in [1.165, 1.54) is 62.4 Å². The maximum absolute atomic E-state index is 14.2. The van der Waals surface area contributed by atoms with E-state index in [-0.39, 0.29) is 63.2 Å². The number of carbonyl (C=O) groups is 9. The van der Waals surface area contributed by atoms with Gasteiger partial charge in [-0.1, -0.05) is 99.3 Å². The number of carboxylic acids is 1. The van der Waals surface area contributed by atoms with Crippen LogP contribution in [0.5, 0.6) is 11.5 Å². The number of likely N-dealkylation sites (tertiary alicyclic amines) is 1. The summed E-state index contributed by atoms with van der Waals surface area (Å²) in [4.78, 5) is 123. The zero-order valence-corrected chi connectivity index (χ0v) is 41.5. The number of carbonyl (C=O) groups excluding carboxylic acids is 8. The maximum atomic E-state index is 14.2. The van der Waals surface area contributed by atoms with Crippen LogP contribution in [0.2, 0.25) is 0 Å². The van der Waals surface area contributed by atoms with Gasteiger partial charge in [0.15, 0.2) is 11.5 Å². The van der Waals surface area contributed by atoms with E-state index in [4.69, 9.17) is 14.6 Å². The average Bonchev–Trinajstić information content (AvgIpc) is 3.37. The second-order valence-corrected chi connectivity index (χ2v) is 17.7. The first kappa shape index (κ1) is 56.8. The number of Topliss-reactive ketones (excluding diaryl/α,β-unsaturated/α-hetero) is 1. The van der Waals surface area contributed by atoms with Crippen LogP contribution in [0.25, 0.3) is 0 Å². The quantitative estimate of drug-likeness (QED) is 0.0366. The molecule has 0 aromatic heterocycles. The standard InChI is InChI=1S/C53H67N7O12/c1-7-30-72-43-32-38(25-27-42(43)71-6)47(64)53(70)60-29-17-15-22-41(60)50(67)56-39(26-24-36-18-10-8-11-19-36)49(66)55-35(4)48(65)58-46(34(2)3)51(68)57-40(31-37-20-12-9-13-21-37)52(69)59(5)33-44(61)54-28-16-14-23-45(62)63/h7-14,16,18-21,25,27,32,34-35,39-41,46H,1,15,17,22-24,26,28-31,33H2,2-6H3,(H,54,61)(H,55,66)(H,56,67)(H,57,68)(H,58,65)(H,62,63)/b16-14+. The maximum Gasteiger partial charge on any atom is 0.307 e. The summed E-state index contributed by atoms with van der Waals surface area (Å²) in [5, 5.41) is 22.3. The largest absolute Gasteiger partial charge is 0.493 e. The fraction of sp³-hybridized carbons (Fsp3) is 0.415. The fourth-order valence-corrected chi connectivity index (χ4v) is 7.83. The van der Waals surface area contributed by atoms with Crippen molar-refractivity contribution in [1.82, 2.24) is 36.4 Å². The number of hydrogen-bond donors (Lipinski definition) is 6. The average molecular weight is 994 g/mol. The van der Waals surface area contributed by atoms with Crippen molar-refractivity contribution in [2.75, 3.05) is 40.4 Å². The van der Waals surface area contributed by atoms with Crippen molar-refractivity contribution in [3.05, 3.63) is 120 Å². The number of hydrogen-bond acceptors (Lipinski definition) is 11. The minimum absolute atomic E-state index is 0.0295. The number of carboxylic acid groups (broad SMARTS) is 1. The summed E-state index contributed by atoms with van der Waals surface area (Å²) in [7, 11) is 2.84. The van der Waals surface area contributed by atoms with Crippen molar-refractivity contribution in [1.29, 1.82) is 0 Å². The molecule has 0 bridgehead atoms. The lowest BCUT2D eigenvalue weighted by molar-refractivity contribution is -0.140. The van der Waals surface area contributed by atoms with Gasteiger partial charge in [-0.05, 0) is 74.3 Å². The number of benzene rings is 3. The van der Waals surface area contributed by atoms with Gasteiger partial charge >= 0.3 is 5.97 Å². The van der Waals surface area contributed by atoms with Crippen molar-refractivity contribution in [3.63, 3.8) is 0 Å². The first-order valence-corrected chi connectivity index (χ1v) is 23.9. The molecule has 386 valence electrons. The van der Waals surface area contributed by atoms with Crippen molar-refractivity contribution in [3.8, 4) is 11.5 Å². The summed E-state index contributed by atoms with van der Waals surface area (Å²) in [5.74, 6) is -6.62. The summed E-state index contributed by atoms with van der Waals surface area (Å²) >= 11 is 0. The Morgan fingerprint density at radius 2 is 1.49 bits per heavy atom. The van der Waals surface area contributed by atoms with E-state index < -0.39 is 89.2 Å². The van der Waals surface area contributed by atoms with Crippen LogP contribution in [0.15, 0.2) is 104 Å². The first-order chi connectivity index (χ1) is 34.4. The Morgan fingerprint density at radius 1 is 0.806 bits per heavy atom. The molecule has 0 aliphatic carbocycles. The van der Waals surface area contributed by atoms with Crippen molar-refractivity contribution in [2.45, 2.75) is 95.9 Å². The second kappa shape index (κ2) is 28.7. The highest BCUT2D eigenvalue weighted by Gasteiger charge is 2.38. The van der Waals surface area contributed by atoms with Crippen LogP contribution in [0, 0.1) is 5.92 Å². The number of aliphatic carboxylic acids is 1. The van der Waals surface area contributed by atoms with Crippen molar-refractivity contribution in [2.24, 2.45) is 5.92 Å². The Balaban J connectivity index is 1.47. The molecule has 4 rings (SSSR count). The molecule has 3 aromatic carbocycles. The molecule has 19 nitrogen and oxygen atoms in total. The number of ketones is 1. The van der Waals surface area contributed by atoms with E-state index >= 15 is 0 Å². The van der Waals surface area contributed by atoms with Gasteiger partial charge in [0, 0.05) is 32.1 Å². The molecule has 6 N–H and O–H groups in total. The van der Waals surface area contributed by atoms with Crippen LogP contribution in [0.1, 0.15) is 74.4 Å². The van der Waals surface area contributed by atoms with Crippen LogP contribution < -0.4 is 36.1 Å². The molecule has 0 radical (unpaired) electrons. The second-order valence-electron chi connectivity index (χ2n) is 17.7. The van der Waals surface area contributed by atoms with E-state index in [1.54, 1.807) is 44.2 Å². The SMILES string of the molecule is C=CCOc1cc(C(=O)C(=O)N2CCCCC2C(=O)NC(CCc2ccccc2)C(=O)NC(C)C(=O)NC(C(=O)NC(Cc2ccccc2)C(=O)N(C)CC(=O)NC/C=C/CC(=O)O)C(C)C)ccc1OC. The molecule has 0 saturated carbocycles. The van der Waals surface area contributed by atoms with Gasteiger partial charge in [0.2, 0.25) is 35.4 Å². The number of nitrogens with zero attached hydrogens (tertiary/aromatic N) is 2. The van der Waals surface area contributed by atoms with Crippen LogP contribution in [-0.4, -0.2) is 139 Å². The van der Waals surface area contributed by atoms with Crippen LogP contribution in [-0.2, 0) is 51.2 Å². The molecule has 1 aliphatic rings. The minimum atomic E-state index is -1.23. The molecule has 5 unspecified atom stereocenters. The fourth-order valence-electron chi connectivity index (χ4n) is 7.83. The third-order valence-corrected chi connectivity index (χ3v) is 11.8. The van der Waals surface area contributed by atoms with Gasteiger partial charge in [0.1, 0.15) is 36.8 Å². The summed E-state index contributed by atoms with van der Waals surface area (Å²) < 4.78 is 11.0. The molecule has 1 saturated heterocycles. The van der Waals surface area contributed by atoms with Gasteiger partial charge in [-0.2, -0.15) is 0 Å². The monoisotopic (exact) mass is 993 g/mol. The van der Waals surface area contributed by atoms with Gasteiger partial charge < -0.3 is 51.0 Å². The van der Waals surface area contributed by atoms with Gasteiger partial charge in [-0.15, -0.1) is 0 Å². The van der Waals surface area contributed by atoms with E-state index in [0.717, 1.165) is 10.5 Å². The predicted octanol–water partition coefficient (Wildman–Crippen LogP) is 2.92. The molecule has 3 aromatic rings. The summed E-state index contributed by atoms with van der Waals surface area (Å²) in [6.45, 7) is 8.36. The molecule has 19 heteroatoms. The topological polar surface area (TPSA) is 259 Å². The molecule has 72 heavy (non-hydrogen) atoms. The van der Waals surface area contributed by atoms with E-state index in [9.17, 15) is 43.2 Å². The lowest BCUT2D eigenvalue weighted by Crippen LogP contribution is -2.60. The highest BCUT2D eigenvalue weighted by molar-refractivity contribution is 6.43. The molecule has 0 spiro atoms. The smallest absolute Gasteiger partial charge is 0.307 e. The van der Waals surface area contributed by atoms with E-state index in [2.05, 4.69) is 33.2 Å². The summed E-state index contributed by atoms with van der Waals surface area (Å²) in [6, 6.07) is 16.6. The van der Waals surface area contributed by atoms with Gasteiger partial charge in [0.05, 0.1) is 20.1 Å². The van der Waals surface area contributed by atoms with Gasteiger partial charge in [0.25, 0.3) is 11.7 Å². The number of ether oxygens (including phenoxy) is 2. The molecular formula is C53H67N7O12. The molecule has 1 heterocycles. The number of nitrogens with one attached hydrogen (secondary N) is 5.